The quantitative estimate of drug-likeness (QED) is 0.655. The lowest BCUT2D eigenvalue weighted by atomic mass is 9.94. The molecule has 30 heavy (non-hydrogen) atoms. The van der Waals surface area contributed by atoms with Crippen LogP contribution in [-0.4, -0.2) is 48.5 Å². The number of aliphatic hydroxyl groups is 1. The second-order valence-electron chi connectivity index (χ2n) is 7.42. The molecule has 1 aliphatic rings. The number of hydrogen-bond acceptors (Lipinski definition) is 5. The number of primary sulfonamides is 1. The molecule has 4 rings (SSSR count). The molecule has 0 aliphatic carbocycles. The van der Waals surface area contributed by atoms with Crippen molar-refractivity contribution >= 4 is 26.8 Å². The number of β-amino-alcohol motifs (C(OH)–C–C–N with tert-alkyl or cyclic N) is 1. The lowest BCUT2D eigenvalue weighted by Crippen LogP contribution is -2.30. The lowest BCUT2D eigenvalue weighted by Gasteiger charge is -2.17. The molecule has 1 amide bonds. The first-order chi connectivity index (χ1) is 14.2. The summed E-state index contributed by atoms with van der Waals surface area (Å²) in [4.78, 5) is 18.2. The molecule has 3 aromatic rings. The topological polar surface area (TPSA) is 114 Å². The van der Waals surface area contributed by atoms with E-state index in [1.54, 1.807) is 6.20 Å². The molecular weight excluding hydrogens is 409 g/mol. The van der Waals surface area contributed by atoms with Crippen LogP contribution >= 0.6 is 0 Å². The van der Waals surface area contributed by atoms with E-state index in [0.717, 1.165) is 34.7 Å². The third kappa shape index (κ3) is 3.91. The van der Waals surface area contributed by atoms with Crippen molar-refractivity contribution < 1.29 is 22.7 Å². The summed E-state index contributed by atoms with van der Waals surface area (Å²) in [7, 11) is -4.07. The maximum Gasteiger partial charge on any atom is 0.256 e. The standard InChI is InChI=1S/C21H20FN3O4S/c22-18-6-5-15(30(23,28)29)10-17(18)21(27)25-11-14(20(26)12-25)9-13-7-8-24-19-4-2-1-3-16(13)19/h1-8,10,14,20,26H,9,11-12H2,(H2,23,28,29)/t14-,20+/m1/s1. The van der Waals surface area contributed by atoms with Gasteiger partial charge in [-0.25, -0.2) is 17.9 Å². The largest absolute Gasteiger partial charge is 0.391 e. The number of rotatable bonds is 4. The molecule has 1 aromatic heterocycles. The minimum Gasteiger partial charge on any atom is -0.391 e. The molecule has 1 aliphatic heterocycles. The van der Waals surface area contributed by atoms with Gasteiger partial charge in [-0.15, -0.1) is 0 Å². The van der Waals surface area contributed by atoms with Crippen LogP contribution in [0.5, 0.6) is 0 Å². The van der Waals surface area contributed by atoms with E-state index in [0.29, 0.717) is 6.42 Å². The van der Waals surface area contributed by atoms with Crippen molar-refractivity contribution in [2.24, 2.45) is 11.1 Å². The van der Waals surface area contributed by atoms with Gasteiger partial charge < -0.3 is 10.0 Å². The number of para-hydroxylation sites is 1. The molecular formula is C21H20FN3O4S. The van der Waals surface area contributed by atoms with Gasteiger partial charge in [0.2, 0.25) is 10.0 Å². The fourth-order valence-electron chi connectivity index (χ4n) is 3.85. The minimum atomic E-state index is -4.07. The van der Waals surface area contributed by atoms with Gasteiger partial charge in [-0.2, -0.15) is 0 Å². The fraction of sp³-hybridized carbons (Fsp3) is 0.238. The smallest absolute Gasteiger partial charge is 0.256 e. The highest BCUT2D eigenvalue weighted by atomic mass is 32.2. The summed E-state index contributed by atoms with van der Waals surface area (Å²) in [6.07, 6.45) is 1.44. The van der Waals surface area contributed by atoms with Gasteiger partial charge in [-0.3, -0.25) is 9.78 Å². The van der Waals surface area contributed by atoms with Crippen LogP contribution in [0.1, 0.15) is 15.9 Å². The maximum absolute atomic E-state index is 14.2. The second kappa shape index (κ2) is 7.75. The first-order valence-corrected chi connectivity index (χ1v) is 10.9. The first kappa shape index (κ1) is 20.4. The molecule has 0 bridgehead atoms. The minimum absolute atomic E-state index is 0.0333. The Morgan fingerprint density at radius 1 is 1.20 bits per heavy atom. The Kier molecular flexibility index (Phi) is 5.27. The molecule has 1 fully saturated rings. The lowest BCUT2D eigenvalue weighted by molar-refractivity contribution is 0.0759. The van der Waals surface area contributed by atoms with Gasteiger partial charge in [-0.05, 0) is 42.3 Å². The van der Waals surface area contributed by atoms with E-state index in [1.807, 2.05) is 30.3 Å². The highest BCUT2D eigenvalue weighted by Crippen LogP contribution is 2.27. The predicted molar refractivity (Wildman–Crippen MR) is 109 cm³/mol. The highest BCUT2D eigenvalue weighted by Gasteiger charge is 2.35. The van der Waals surface area contributed by atoms with Crippen molar-refractivity contribution in [2.45, 2.75) is 17.4 Å². The zero-order valence-electron chi connectivity index (χ0n) is 15.9. The molecule has 0 radical (unpaired) electrons. The van der Waals surface area contributed by atoms with Gasteiger partial charge in [0.25, 0.3) is 5.91 Å². The number of halogens is 1. The molecule has 7 nitrogen and oxygen atoms in total. The summed E-state index contributed by atoms with van der Waals surface area (Å²) in [6, 6.07) is 12.4. The predicted octanol–water partition coefficient (Wildman–Crippen LogP) is 1.70. The van der Waals surface area contributed by atoms with Crippen LogP contribution in [0.25, 0.3) is 10.9 Å². The van der Waals surface area contributed by atoms with Gasteiger partial charge in [0.1, 0.15) is 5.82 Å². The van der Waals surface area contributed by atoms with Gasteiger partial charge >= 0.3 is 0 Å². The number of carbonyl (C=O) groups excluding carboxylic acids is 1. The Hall–Kier alpha value is -2.88. The maximum atomic E-state index is 14.2. The fourth-order valence-corrected chi connectivity index (χ4v) is 4.39. The number of nitrogens with two attached hydrogens (primary N) is 1. The van der Waals surface area contributed by atoms with Crippen molar-refractivity contribution in [1.29, 1.82) is 0 Å². The average molecular weight is 429 g/mol. The number of carbonyl (C=O) groups is 1. The summed E-state index contributed by atoms with van der Waals surface area (Å²) in [6.45, 7) is 0.251. The monoisotopic (exact) mass is 429 g/mol. The number of likely N-dealkylation sites (tertiary alicyclic amines) is 1. The zero-order chi connectivity index (χ0) is 21.5. The van der Waals surface area contributed by atoms with Crippen molar-refractivity contribution in [3.8, 4) is 0 Å². The van der Waals surface area contributed by atoms with Gasteiger partial charge in [0.05, 0.1) is 22.1 Å². The summed E-state index contributed by atoms with van der Waals surface area (Å²) >= 11 is 0. The Balaban J connectivity index is 1.56. The molecule has 3 N–H and O–H groups in total. The van der Waals surface area contributed by atoms with Gasteiger partial charge in [-0.1, -0.05) is 18.2 Å². The van der Waals surface area contributed by atoms with Crippen molar-refractivity contribution in [2.75, 3.05) is 13.1 Å². The number of amides is 1. The molecule has 0 saturated carbocycles. The molecule has 0 spiro atoms. The number of sulfonamides is 1. The average Bonchev–Trinajstić information content (AvgIpc) is 3.07. The first-order valence-electron chi connectivity index (χ1n) is 9.36. The van der Waals surface area contributed by atoms with Crippen molar-refractivity contribution in [3.63, 3.8) is 0 Å². The van der Waals surface area contributed by atoms with E-state index in [-0.39, 0.29) is 29.5 Å². The van der Waals surface area contributed by atoms with E-state index in [4.69, 9.17) is 5.14 Å². The van der Waals surface area contributed by atoms with Crippen LogP contribution in [0.2, 0.25) is 0 Å². The van der Waals surface area contributed by atoms with E-state index in [9.17, 15) is 22.7 Å². The number of aromatic nitrogens is 1. The Labute approximate surface area is 173 Å². The zero-order valence-corrected chi connectivity index (χ0v) is 16.7. The summed E-state index contributed by atoms with van der Waals surface area (Å²) in [5.41, 5.74) is 1.46. The third-order valence-electron chi connectivity index (χ3n) is 5.41. The normalized spacial score (nSPS) is 19.4. The Morgan fingerprint density at radius 3 is 2.73 bits per heavy atom. The third-order valence-corrected chi connectivity index (χ3v) is 6.32. The molecule has 2 aromatic carbocycles. The molecule has 2 atom stereocenters. The number of fused-ring (bicyclic) bond motifs is 1. The number of benzene rings is 2. The second-order valence-corrected chi connectivity index (χ2v) is 8.98. The van der Waals surface area contributed by atoms with Crippen molar-refractivity contribution in [3.05, 3.63) is 71.7 Å². The van der Waals surface area contributed by atoms with E-state index < -0.39 is 27.9 Å². The van der Waals surface area contributed by atoms with Crippen LogP contribution in [0, 0.1) is 11.7 Å². The molecule has 1 saturated heterocycles. The van der Waals surface area contributed by atoms with Crippen LogP contribution in [0.3, 0.4) is 0 Å². The summed E-state index contributed by atoms with van der Waals surface area (Å²) in [5.74, 6) is -1.77. The van der Waals surface area contributed by atoms with Gasteiger partial charge in [0.15, 0.2) is 0 Å². The molecule has 9 heteroatoms. The number of pyridine rings is 1. The number of aliphatic hydroxyl groups excluding tert-OH is 1. The van der Waals surface area contributed by atoms with E-state index in [1.165, 1.54) is 4.90 Å². The van der Waals surface area contributed by atoms with Gasteiger partial charge in [0, 0.05) is 30.6 Å². The highest BCUT2D eigenvalue weighted by molar-refractivity contribution is 7.89. The molecule has 2 heterocycles. The van der Waals surface area contributed by atoms with E-state index in [2.05, 4.69) is 4.98 Å². The van der Waals surface area contributed by atoms with Crippen molar-refractivity contribution in [1.82, 2.24) is 9.88 Å². The summed E-state index contributed by atoms with van der Waals surface area (Å²) < 4.78 is 37.3. The van der Waals surface area contributed by atoms with Crippen LogP contribution in [0.4, 0.5) is 4.39 Å². The Bertz CT molecular complexity index is 1230. The van der Waals surface area contributed by atoms with Crippen LogP contribution in [0.15, 0.2) is 59.6 Å². The molecule has 0 unspecified atom stereocenters. The Morgan fingerprint density at radius 2 is 1.97 bits per heavy atom. The number of nitrogens with zero attached hydrogens (tertiary/aromatic N) is 2. The molecule has 156 valence electrons. The van der Waals surface area contributed by atoms with E-state index >= 15 is 0 Å². The number of hydrogen-bond donors (Lipinski definition) is 2. The van der Waals surface area contributed by atoms with Crippen LogP contribution < -0.4 is 5.14 Å². The van der Waals surface area contributed by atoms with Crippen LogP contribution in [-0.2, 0) is 16.4 Å². The summed E-state index contributed by atoms with van der Waals surface area (Å²) in [5, 5.41) is 16.6. The SMILES string of the molecule is NS(=O)(=O)c1ccc(F)c(C(=O)N2C[C@@H](Cc3ccnc4ccccc34)[C@@H](O)C2)c1.